The number of halogens is 5. The summed E-state index contributed by atoms with van der Waals surface area (Å²) in [7, 11) is 0. The normalized spacial score (nSPS) is 16.5. The van der Waals surface area contributed by atoms with Gasteiger partial charge in [-0.2, -0.15) is 13.2 Å². The summed E-state index contributed by atoms with van der Waals surface area (Å²) in [5, 5.41) is 5.30. The molecule has 0 spiro atoms. The molecule has 0 aromatic carbocycles. The summed E-state index contributed by atoms with van der Waals surface area (Å²) in [4.78, 5) is 20.9. The van der Waals surface area contributed by atoms with Gasteiger partial charge in [0, 0.05) is 38.9 Å². The van der Waals surface area contributed by atoms with Gasteiger partial charge in [0.1, 0.15) is 11.7 Å². The highest BCUT2D eigenvalue weighted by molar-refractivity contribution is 5.91. The van der Waals surface area contributed by atoms with Gasteiger partial charge in [-0.1, -0.05) is 0 Å². The van der Waals surface area contributed by atoms with E-state index >= 15 is 0 Å². The molecule has 1 aliphatic rings. The van der Waals surface area contributed by atoms with Crippen molar-refractivity contribution in [3.8, 4) is 0 Å². The lowest BCUT2D eigenvalue weighted by Crippen LogP contribution is -2.57. The number of nitrogens with one attached hydrogen (secondary N) is 2. The van der Waals surface area contributed by atoms with Crippen LogP contribution in [0.4, 0.5) is 13.2 Å². The largest absolute Gasteiger partial charge is 0.405 e. The molecule has 1 amide bonds. The van der Waals surface area contributed by atoms with Crippen LogP contribution in [0.1, 0.15) is 16.2 Å². The van der Waals surface area contributed by atoms with Crippen LogP contribution < -0.4 is 10.6 Å². The van der Waals surface area contributed by atoms with Crippen LogP contribution in [0.15, 0.2) is 12.4 Å². The first-order valence-electron chi connectivity index (χ1n) is 6.96. The number of hydrogen-bond donors (Lipinski definition) is 2. The summed E-state index contributed by atoms with van der Waals surface area (Å²) >= 11 is 0. The molecular formula is C13H20Cl2F3N5O. The molecule has 2 N–H and O–H groups in total. The quantitative estimate of drug-likeness (QED) is 0.809. The molecule has 0 radical (unpaired) electrons. The molecule has 0 aliphatic carbocycles. The third-order valence-corrected chi connectivity index (χ3v) is 3.44. The number of piperazine rings is 1. The van der Waals surface area contributed by atoms with Gasteiger partial charge >= 0.3 is 6.18 Å². The number of hydrogen-bond acceptors (Lipinski definition) is 5. The lowest BCUT2D eigenvalue weighted by molar-refractivity contribution is -0.183. The average Bonchev–Trinajstić information content (AvgIpc) is 2.47. The Morgan fingerprint density at radius 2 is 1.92 bits per heavy atom. The van der Waals surface area contributed by atoms with Crippen molar-refractivity contribution < 1.29 is 18.0 Å². The molecule has 11 heteroatoms. The maximum Gasteiger partial charge on any atom is 0.405 e. The Hall–Kier alpha value is -1.16. The minimum atomic E-state index is -4.40. The van der Waals surface area contributed by atoms with Crippen LogP contribution in [0.2, 0.25) is 0 Å². The van der Waals surface area contributed by atoms with E-state index in [2.05, 4.69) is 20.6 Å². The Morgan fingerprint density at radius 3 is 2.42 bits per heavy atom. The summed E-state index contributed by atoms with van der Waals surface area (Å²) in [6.07, 6.45) is -1.76. The molecule has 0 bridgehead atoms. The molecule has 1 aromatic heterocycles. The lowest BCUT2D eigenvalue weighted by Gasteiger charge is -2.35. The third-order valence-electron chi connectivity index (χ3n) is 3.44. The van der Waals surface area contributed by atoms with Crippen molar-refractivity contribution in [1.82, 2.24) is 25.5 Å². The Morgan fingerprint density at radius 1 is 1.29 bits per heavy atom. The van der Waals surface area contributed by atoms with Crippen molar-refractivity contribution in [2.24, 2.45) is 0 Å². The molecule has 1 fully saturated rings. The fourth-order valence-electron chi connectivity index (χ4n) is 2.24. The minimum Gasteiger partial charge on any atom is -0.349 e. The fourth-order valence-corrected chi connectivity index (χ4v) is 2.24. The van der Waals surface area contributed by atoms with E-state index in [1.807, 2.05) is 0 Å². The molecule has 2 heterocycles. The third kappa shape index (κ3) is 6.39. The molecule has 1 unspecified atom stereocenters. The van der Waals surface area contributed by atoms with Crippen molar-refractivity contribution in [3.05, 3.63) is 23.8 Å². The van der Waals surface area contributed by atoms with Crippen molar-refractivity contribution in [3.63, 3.8) is 0 Å². The van der Waals surface area contributed by atoms with Crippen molar-refractivity contribution in [2.75, 3.05) is 32.7 Å². The van der Waals surface area contributed by atoms with Crippen LogP contribution in [-0.2, 0) is 0 Å². The van der Waals surface area contributed by atoms with Crippen LogP contribution >= 0.6 is 24.8 Å². The number of aromatic nitrogens is 2. The predicted molar refractivity (Wildman–Crippen MR) is 87.9 cm³/mol. The molecule has 138 valence electrons. The zero-order chi connectivity index (χ0) is 16.2. The van der Waals surface area contributed by atoms with E-state index in [9.17, 15) is 18.0 Å². The Bertz CT molecular complexity index is 509. The van der Waals surface area contributed by atoms with E-state index < -0.39 is 24.7 Å². The minimum absolute atomic E-state index is 0. The molecule has 24 heavy (non-hydrogen) atoms. The van der Waals surface area contributed by atoms with Gasteiger partial charge in [-0.25, -0.2) is 4.98 Å². The molecule has 1 saturated heterocycles. The number of aryl methyl sites for hydroxylation is 1. The van der Waals surface area contributed by atoms with Crippen LogP contribution in [-0.4, -0.2) is 65.7 Å². The van der Waals surface area contributed by atoms with Gasteiger partial charge in [-0.15, -0.1) is 24.8 Å². The van der Waals surface area contributed by atoms with Gasteiger partial charge in [-0.05, 0) is 6.92 Å². The summed E-state index contributed by atoms with van der Waals surface area (Å²) in [6, 6.07) is -1.70. The number of amides is 1. The number of rotatable bonds is 4. The molecule has 1 atom stereocenters. The lowest BCUT2D eigenvalue weighted by atomic mass is 10.2. The van der Waals surface area contributed by atoms with Gasteiger partial charge in [0.15, 0.2) is 0 Å². The number of alkyl halides is 3. The summed E-state index contributed by atoms with van der Waals surface area (Å²) < 4.78 is 39.5. The highest BCUT2D eigenvalue weighted by Crippen LogP contribution is 2.24. The molecule has 1 aromatic rings. The van der Waals surface area contributed by atoms with E-state index in [-0.39, 0.29) is 30.5 Å². The van der Waals surface area contributed by atoms with E-state index in [1.54, 1.807) is 6.92 Å². The van der Waals surface area contributed by atoms with E-state index in [0.717, 1.165) is 0 Å². The number of carbonyl (C=O) groups excluding carboxylic acids is 1. The zero-order valence-corrected chi connectivity index (χ0v) is 14.6. The van der Waals surface area contributed by atoms with E-state index in [4.69, 9.17) is 0 Å². The first-order valence-corrected chi connectivity index (χ1v) is 6.96. The maximum absolute atomic E-state index is 13.2. The molecule has 0 saturated carbocycles. The van der Waals surface area contributed by atoms with Crippen LogP contribution in [0.25, 0.3) is 0 Å². The monoisotopic (exact) mass is 389 g/mol. The Labute approximate surface area is 150 Å². The number of carbonyl (C=O) groups is 1. The Balaban J connectivity index is 0.00000264. The first kappa shape index (κ1) is 22.8. The smallest absolute Gasteiger partial charge is 0.349 e. The summed E-state index contributed by atoms with van der Waals surface area (Å²) in [6.45, 7) is 2.80. The van der Waals surface area contributed by atoms with Crippen molar-refractivity contribution >= 4 is 30.7 Å². The topological polar surface area (TPSA) is 70.2 Å². The second-order valence-electron chi connectivity index (χ2n) is 5.10. The second kappa shape index (κ2) is 9.97. The summed E-state index contributed by atoms with van der Waals surface area (Å²) in [5.41, 5.74) is 0.636. The van der Waals surface area contributed by atoms with Crippen molar-refractivity contribution in [1.29, 1.82) is 0 Å². The molecule has 6 nitrogen and oxygen atoms in total. The first-order chi connectivity index (χ1) is 10.4. The molecular weight excluding hydrogens is 370 g/mol. The molecule has 1 aliphatic heterocycles. The SMILES string of the molecule is Cc1cnc(C(=O)NCC(N2CCNCC2)C(F)(F)F)cn1.Cl.Cl. The molecule has 2 rings (SSSR count). The van der Waals surface area contributed by atoms with Crippen LogP contribution in [0.3, 0.4) is 0 Å². The standard InChI is InChI=1S/C13H18F3N5O.2ClH/c1-9-6-19-10(7-18-9)12(22)20-8-11(13(14,15)16)21-4-2-17-3-5-21;;/h6-7,11,17H,2-5,8H2,1H3,(H,20,22);2*1H. The number of nitrogens with zero attached hydrogens (tertiary/aromatic N) is 3. The van der Waals surface area contributed by atoms with Crippen LogP contribution in [0, 0.1) is 6.92 Å². The predicted octanol–water partition coefficient (Wildman–Crippen LogP) is 1.19. The summed E-state index contributed by atoms with van der Waals surface area (Å²) in [5.74, 6) is -0.656. The van der Waals surface area contributed by atoms with Gasteiger partial charge in [0.05, 0.1) is 11.9 Å². The van der Waals surface area contributed by atoms with Gasteiger partial charge < -0.3 is 10.6 Å². The van der Waals surface area contributed by atoms with Gasteiger partial charge in [0.25, 0.3) is 5.91 Å². The highest BCUT2D eigenvalue weighted by atomic mass is 35.5. The zero-order valence-electron chi connectivity index (χ0n) is 13.0. The maximum atomic E-state index is 13.2. The van der Waals surface area contributed by atoms with Gasteiger partial charge in [-0.3, -0.25) is 14.7 Å². The Kier molecular flexibility index (Phi) is 9.49. The second-order valence-corrected chi connectivity index (χ2v) is 5.10. The average molecular weight is 390 g/mol. The van der Waals surface area contributed by atoms with E-state index in [1.165, 1.54) is 17.3 Å². The highest BCUT2D eigenvalue weighted by Gasteiger charge is 2.43. The van der Waals surface area contributed by atoms with Gasteiger partial charge in [0.2, 0.25) is 0 Å². The van der Waals surface area contributed by atoms with Crippen LogP contribution in [0.5, 0.6) is 0 Å². The van der Waals surface area contributed by atoms with Crippen molar-refractivity contribution in [2.45, 2.75) is 19.1 Å². The van der Waals surface area contributed by atoms with E-state index in [0.29, 0.717) is 31.9 Å². The fraction of sp³-hybridized carbons (Fsp3) is 0.615.